The van der Waals surface area contributed by atoms with Gasteiger partial charge in [-0.05, 0) is 29.2 Å². The molecule has 92 valence electrons. The number of allylic oxidation sites excluding steroid dienone is 1. The zero-order chi connectivity index (χ0) is 12.8. The Morgan fingerprint density at radius 3 is 2.41 bits per heavy atom. The van der Waals surface area contributed by atoms with Crippen molar-refractivity contribution in [2.75, 3.05) is 0 Å². The van der Waals surface area contributed by atoms with Crippen LogP contribution in [0.2, 0.25) is 0 Å². The number of Topliss-reactive ketones (excluding diaryl/α,β-unsaturated/α-hetero) is 1. The SMILES string of the molecule is C=C(CCC)C(=O)c1ccc(CI)c(CI)c1. The smallest absolute Gasteiger partial charge is 0.188 e. The molecule has 0 aliphatic carbocycles. The van der Waals surface area contributed by atoms with Gasteiger partial charge in [-0.1, -0.05) is 77.2 Å². The zero-order valence-electron chi connectivity index (χ0n) is 9.93. The number of rotatable bonds is 6. The highest BCUT2D eigenvalue weighted by Gasteiger charge is 2.11. The Morgan fingerprint density at radius 1 is 1.24 bits per heavy atom. The first-order valence-corrected chi connectivity index (χ1v) is 8.65. The highest BCUT2D eigenvalue weighted by atomic mass is 127. The van der Waals surface area contributed by atoms with Crippen LogP contribution in [0.3, 0.4) is 0 Å². The molecular formula is C14H16I2O. The van der Waals surface area contributed by atoms with Gasteiger partial charge in [0.15, 0.2) is 5.78 Å². The highest BCUT2D eigenvalue weighted by molar-refractivity contribution is 14.1. The van der Waals surface area contributed by atoms with E-state index < -0.39 is 0 Å². The van der Waals surface area contributed by atoms with Crippen molar-refractivity contribution >= 4 is 51.0 Å². The van der Waals surface area contributed by atoms with E-state index in [-0.39, 0.29) is 5.78 Å². The Morgan fingerprint density at radius 2 is 1.88 bits per heavy atom. The van der Waals surface area contributed by atoms with Crippen LogP contribution >= 0.6 is 45.2 Å². The van der Waals surface area contributed by atoms with Gasteiger partial charge in [-0.3, -0.25) is 4.79 Å². The Kier molecular flexibility index (Phi) is 6.69. The molecule has 0 fully saturated rings. The molecule has 1 rings (SSSR count). The molecule has 0 heterocycles. The van der Waals surface area contributed by atoms with Crippen molar-refractivity contribution in [3.8, 4) is 0 Å². The van der Waals surface area contributed by atoms with Crippen LogP contribution in [0.4, 0.5) is 0 Å². The molecule has 0 saturated carbocycles. The molecule has 0 amide bonds. The third kappa shape index (κ3) is 4.05. The van der Waals surface area contributed by atoms with E-state index in [2.05, 4.69) is 64.8 Å². The fraction of sp³-hybridized carbons (Fsp3) is 0.357. The Balaban J connectivity index is 2.99. The molecule has 0 bridgehead atoms. The number of carbonyl (C=O) groups excluding carboxylic acids is 1. The number of halogens is 2. The predicted octanol–water partition coefficient (Wildman–Crippen LogP) is 5.10. The maximum atomic E-state index is 12.1. The van der Waals surface area contributed by atoms with Gasteiger partial charge in [0.2, 0.25) is 0 Å². The quantitative estimate of drug-likeness (QED) is 0.253. The first-order chi connectivity index (χ1) is 8.13. The average molecular weight is 454 g/mol. The molecule has 0 atom stereocenters. The summed E-state index contributed by atoms with van der Waals surface area (Å²) >= 11 is 4.69. The van der Waals surface area contributed by atoms with Crippen LogP contribution < -0.4 is 0 Å². The van der Waals surface area contributed by atoms with Crippen LogP contribution in [0.1, 0.15) is 41.3 Å². The molecule has 1 aromatic rings. The van der Waals surface area contributed by atoms with Crippen molar-refractivity contribution < 1.29 is 4.79 Å². The summed E-state index contributed by atoms with van der Waals surface area (Å²) in [5.74, 6) is 0.0953. The van der Waals surface area contributed by atoms with Crippen LogP contribution in [0.25, 0.3) is 0 Å². The molecule has 0 aliphatic heterocycles. The van der Waals surface area contributed by atoms with Gasteiger partial charge in [0, 0.05) is 14.4 Å². The standard InChI is InChI=1S/C14H16I2O/c1-3-4-10(2)14(17)11-5-6-12(8-15)13(7-11)9-16/h5-7H,2-4,8-9H2,1H3. The third-order valence-electron chi connectivity index (χ3n) is 2.63. The Labute approximate surface area is 130 Å². The lowest BCUT2D eigenvalue weighted by Crippen LogP contribution is -2.04. The average Bonchev–Trinajstić information content (AvgIpc) is 2.37. The van der Waals surface area contributed by atoms with E-state index in [4.69, 9.17) is 0 Å². The third-order valence-corrected chi connectivity index (χ3v) is 4.27. The van der Waals surface area contributed by atoms with E-state index in [1.165, 1.54) is 11.1 Å². The summed E-state index contributed by atoms with van der Waals surface area (Å²) in [6, 6.07) is 6.00. The zero-order valence-corrected chi connectivity index (χ0v) is 14.2. The topological polar surface area (TPSA) is 17.1 Å². The minimum atomic E-state index is 0.0953. The van der Waals surface area contributed by atoms with Crippen molar-refractivity contribution in [1.82, 2.24) is 0 Å². The minimum Gasteiger partial charge on any atom is -0.289 e. The first-order valence-electron chi connectivity index (χ1n) is 5.60. The summed E-state index contributed by atoms with van der Waals surface area (Å²) in [7, 11) is 0. The van der Waals surface area contributed by atoms with E-state index in [0.29, 0.717) is 5.57 Å². The van der Waals surface area contributed by atoms with Crippen molar-refractivity contribution in [3.05, 3.63) is 47.0 Å². The summed E-state index contributed by atoms with van der Waals surface area (Å²) < 4.78 is 1.93. The van der Waals surface area contributed by atoms with Crippen LogP contribution in [-0.2, 0) is 8.86 Å². The Bertz CT molecular complexity index is 424. The number of benzene rings is 1. The van der Waals surface area contributed by atoms with Gasteiger partial charge in [-0.15, -0.1) is 0 Å². The van der Waals surface area contributed by atoms with E-state index in [0.717, 1.165) is 27.3 Å². The summed E-state index contributed by atoms with van der Waals surface area (Å²) in [5.41, 5.74) is 4.07. The molecule has 1 aromatic carbocycles. The molecule has 17 heavy (non-hydrogen) atoms. The molecule has 0 aromatic heterocycles. The molecule has 0 N–H and O–H groups in total. The summed E-state index contributed by atoms with van der Waals surface area (Å²) in [6.07, 6.45) is 1.75. The normalized spacial score (nSPS) is 10.3. The lowest BCUT2D eigenvalue weighted by atomic mass is 9.98. The van der Waals surface area contributed by atoms with Crippen LogP contribution in [0, 0.1) is 0 Å². The van der Waals surface area contributed by atoms with Gasteiger partial charge in [0.05, 0.1) is 0 Å². The summed E-state index contributed by atoms with van der Waals surface area (Å²) in [5, 5.41) is 0. The van der Waals surface area contributed by atoms with Crippen molar-refractivity contribution in [1.29, 1.82) is 0 Å². The number of hydrogen-bond acceptors (Lipinski definition) is 1. The van der Waals surface area contributed by atoms with Crippen molar-refractivity contribution in [2.45, 2.75) is 28.6 Å². The van der Waals surface area contributed by atoms with Gasteiger partial charge in [-0.2, -0.15) is 0 Å². The van der Waals surface area contributed by atoms with E-state index in [9.17, 15) is 4.79 Å². The second-order valence-corrected chi connectivity index (χ2v) is 5.46. The number of alkyl halides is 2. The Hall–Kier alpha value is 0.0900. The van der Waals surface area contributed by atoms with Crippen molar-refractivity contribution in [2.24, 2.45) is 0 Å². The maximum Gasteiger partial charge on any atom is 0.188 e. The van der Waals surface area contributed by atoms with E-state index >= 15 is 0 Å². The first kappa shape index (κ1) is 15.1. The largest absolute Gasteiger partial charge is 0.289 e. The molecule has 0 radical (unpaired) electrons. The molecule has 0 spiro atoms. The fourth-order valence-electron chi connectivity index (χ4n) is 1.64. The molecular weight excluding hydrogens is 438 g/mol. The van der Waals surface area contributed by atoms with Crippen molar-refractivity contribution in [3.63, 3.8) is 0 Å². The lowest BCUT2D eigenvalue weighted by molar-refractivity contribution is 0.103. The molecule has 1 nitrogen and oxygen atoms in total. The van der Waals surface area contributed by atoms with Gasteiger partial charge in [0.25, 0.3) is 0 Å². The van der Waals surface area contributed by atoms with Crippen LogP contribution in [0.15, 0.2) is 30.4 Å². The molecule has 3 heteroatoms. The monoisotopic (exact) mass is 454 g/mol. The second kappa shape index (κ2) is 7.51. The van der Waals surface area contributed by atoms with Gasteiger partial charge < -0.3 is 0 Å². The predicted molar refractivity (Wildman–Crippen MR) is 90.3 cm³/mol. The van der Waals surface area contributed by atoms with E-state index in [1.807, 2.05) is 12.1 Å². The summed E-state index contributed by atoms with van der Waals surface area (Å²) in [4.78, 5) is 12.1. The number of ketones is 1. The maximum absolute atomic E-state index is 12.1. The van der Waals surface area contributed by atoms with Crippen LogP contribution in [-0.4, -0.2) is 5.78 Å². The minimum absolute atomic E-state index is 0.0953. The van der Waals surface area contributed by atoms with Crippen LogP contribution in [0.5, 0.6) is 0 Å². The summed E-state index contributed by atoms with van der Waals surface area (Å²) in [6.45, 7) is 5.93. The number of hydrogen-bond donors (Lipinski definition) is 0. The van der Waals surface area contributed by atoms with Gasteiger partial charge in [0.1, 0.15) is 0 Å². The van der Waals surface area contributed by atoms with Gasteiger partial charge >= 0.3 is 0 Å². The second-order valence-electron chi connectivity index (χ2n) is 3.93. The number of carbonyl (C=O) groups is 1. The highest BCUT2D eigenvalue weighted by Crippen LogP contribution is 2.20. The molecule has 0 saturated heterocycles. The fourth-order valence-corrected chi connectivity index (χ4v) is 3.10. The van der Waals surface area contributed by atoms with E-state index in [1.54, 1.807) is 0 Å². The van der Waals surface area contributed by atoms with Gasteiger partial charge in [-0.25, -0.2) is 0 Å². The molecule has 0 aliphatic rings. The molecule has 0 unspecified atom stereocenters. The lowest BCUT2D eigenvalue weighted by Gasteiger charge is -2.08.